The van der Waals surface area contributed by atoms with Gasteiger partial charge in [-0.1, -0.05) is 0 Å². The van der Waals surface area contributed by atoms with E-state index >= 15 is 0 Å². The van der Waals surface area contributed by atoms with Gasteiger partial charge in [0.2, 0.25) is 10.0 Å². The number of hydrogen-bond donors (Lipinski definition) is 1. The van der Waals surface area contributed by atoms with Crippen LogP contribution in [0.2, 0.25) is 0 Å². The van der Waals surface area contributed by atoms with Gasteiger partial charge in [-0.3, -0.25) is 9.78 Å². The van der Waals surface area contributed by atoms with Crippen LogP contribution in [0.1, 0.15) is 24.2 Å². The van der Waals surface area contributed by atoms with Crippen molar-refractivity contribution >= 4 is 31.9 Å². The minimum Gasteiger partial charge on any atom is -0.373 e. The first-order chi connectivity index (χ1) is 10.8. The Labute approximate surface area is 144 Å². The summed E-state index contributed by atoms with van der Waals surface area (Å²) in [7, 11) is -3.42. The van der Waals surface area contributed by atoms with E-state index in [1.165, 1.54) is 10.5 Å². The lowest BCUT2D eigenvalue weighted by molar-refractivity contribution is -0.0440. The van der Waals surface area contributed by atoms with Crippen molar-refractivity contribution in [2.45, 2.75) is 26.1 Å². The van der Waals surface area contributed by atoms with Gasteiger partial charge in [0, 0.05) is 36.5 Å². The second kappa shape index (κ2) is 7.69. The highest BCUT2D eigenvalue weighted by atomic mass is 79.9. The number of halogens is 1. The molecule has 0 bridgehead atoms. The molecule has 2 atom stereocenters. The molecule has 23 heavy (non-hydrogen) atoms. The zero-order chi connectivity index (χ0) is 17.0. The van der Waals surface area contributed by atoms with E-state index in [1.54, 1.807) is 12.3 Å². The van der Waals surface area contributed by atoms with E-state index in [1.807, 2.05) is 13.8 Å². The average Bonchev–Trinajstić information content (AvgIpc) is 2.46. The van der Waals surface area contributed by atoms with Crippen molar-refractivity contribution in [3.8, 4) is 0 Å². The molecule has 1 saturated heterocycles. The van der Waals surface area contributed by atoms with Gasteiger partial charge in [0.05, 0.1) is 23.5 Å². The van der Waals surface area contributed by atoms with E-state index in [-0.39, 0.29) is 30.4 Å². The molecule has 7 nitrogen and oxygen atoms in total. The van der Waals surface area contributed by atoms with E-state index in [2.05, 4.69) is 26.2 Å². The van der Waals surface area contributed by atoms with E-state index in [0.29, 0.717) is 23.1 Å². The number of nitrogens with zero attached hydrogens (tertiary/aromatic N) is 2. The molecule has 0 aromatic carbocycles. The number of hydrogen-bond acceptors (Lipinski definition) is 5. The molecular weight excluding hydrogens is 386 g/mol. The number of rotatable bonds is 5. The fourth-order valence-electron chi connectivity index (χ4n) is 2.42. The summed E-state index contributed by atoms with van der Waals surface area (Å²) in [5.74, 6) is -0.489. The standard InChI is InChI=1S/C14H20BrN3O4S/c1-10-8-18(9-11(2)22-10)23(20,21)4-3-17-14(19)12-5-13(15)7-16-6-12/h5-7,10-11H,3-4,8-9H2,1-2H3,(H,17,19). The van der Waals surface area contributed by atoms with Gasteiger partial charge in [0.15, 0.2) is 0 Å². The average molecular weight is 406 g/mol. The number of sulfonamides is 1. The number of aromatic nitrogens is 1. The summed E-state index contributed by atoms with van der Waals surface area (Å²) in [5.41, 5.74) is 0.380. The minimum atomic E-state index is -3.42. The van der Waals surface area contributed by atoms with Crippen LogP contribution in [0.3, 0.4) is 0 Å². The van der Waals surface area contributed by atoms with Gasteiger partial charge in [0.25, 0.3) is 5.91 Å². The SMILES string of the molecule is CC1CN(S(=O)(=O)CCNC(=O)c2cncc(Br)c2)CC(C)O1. The summed E-state index contributed by atoms with van der Waals surface area (Å²) in [6.45, 7) is 4.43. The number of morpholine rings is 1. The number of carbonyl (C=O) groups excluding carboxylic acids is 1. The van der Waals surface area contributed by atoms with Crippen molar-refractivity contribution in [1.82, 2.24) is 14.6 Å². The third kappa shape index (κ3) is 5.23. The molecule has 2 unspecified atom stereocenters. The Kier molecular flexibility index (Phi) is 6.12. The fraction of sp³-hybridized carbons (Fsp3) is 0.571. The number of ether oxygens (including phenoxy) is 1. The molecule has 1 aromatic heterocycles. The highest BCUT2D eigenvalue weighted by Crippen LogP contribution is 2.14. The molecule has 2 rings (SSSR count). The van der Waals surface area contributed by atoms with Gasteiger partial charge in [-0.05, 0) is 35.8 Å². The molecule has 128 valence electrons. The molecule has 0 radical (unpaired) electrons. The number of amides is 1. The monoisotopic (exact) mass is 405 g/mol. The predicted molar refractivity (Wildman–Crippen MR) is 89.6 cm³/mol. The molecule has 0 saturated carbocycles. The zero-order valence-electron chi connectivity index (χ0n) is 13.0. The van der Waals surface area contributed by atoms with Crippen LogP contribution < -0.4 is 5.32 Å². The normalized spacial score (nSPS) is 22.7. The van der Waals surface area contributed by atoms with E-state index in [4.69, 9.17) is 4.74 Å². The van der Waals surface area contributed by atoms with Gasteiger partial charge in [0.1, 0.15) is 0 Å². The van der Waals surface area contributed by atoms with Crippen molar-refractivity contribution in [2.75, 3.05) is 25.4 Å². The maximum atomic E-state index is 12.3. The van der Waals surface area contributed by atoms with Crippen LogP contribution in [0, 0.1) is 0 Å². The highest BCUT2D eigenvalue weighted by Gasteiger charge is 2.30. The highest BCUT2D eigenvalue weighted by molar-refractivity contribution is 9.10. The van der Waals surface area contributed by atoms with Crippen molar-refractivity contribution in [3.63, 3.8) is 0 Å². The number of nitrogens with one attached hydrogen (secondary N) is 1. The zero-order valence-corrected chi connectivity index (χ0v) is 15.4. The third-order valence-electron chi connectivity index (χ3n) is 3.39. The van der Waals surface area contributed by atoms with Gasteiger partial charge in [-0.15, -0.1) is 0 Å². The van der Waals surface area contributed by atoms with Gasteiger partial charge < -0.3 is 10.1 Å². The van der Waals surface area contributed by atoms with Crippen LogP contribution in [0.15, 0.2) is 22.9 Å². The first kappa shape index (κ1) is 18.3. The summed E-state index contributed by atoms with van der Waals surface area (Å²) in [6, 6.07) is 1.63. The third-order valence-corrected chi connectivity index (χ3v) is 5.63. The molecule has 1 N–H and O–H groups in total. The molecule has 1 fully saturated rings. The van der Waals surface area contributed by atoms with Crippen LogP contribution >= 0.6 is 15.9 Å². The number of carbonyl (C=O) groups is 1. The molecule has 1 aromatic rings. The lowest BCUT2D eigenvalue weighted by atomic mass is 10.3. The molecule has 0 spiro atoms. The predicted octanol–water partition coefficient (Wildman–Crippen LogP) is 1.01. The van der Waals surface area contributed by atoms with E-state index < -0.39 is 10.0 Å². The van der Waals surface area contributed by atoms with Crippen LogP contribution in [0.25, 0.3) is 0 Å². The fourth-order valence-corrected chi connectivity index (χ4v) is 4.28. The van der Waals surface area contributed by atoms with Gasteiger partial charge in [-0.25, -0.2) is 8.42 Å². The van der Waals surface area contributed by atoms with Crippen molar-refractivity contribution in [1.29, 1.82) is 0 Å². The summed E-state index contributed by atoms with van der Waals surface area (Å²) in [6.07, 6.45) is 2.74. The lowest BCUT2D eigenvalue weighted by Gasteiger charge is -2.34. The summed E-state index contributed by atoms with van der Waals surface area (Å²) in [4.78, 5) is 15.9. The molecule has 0 aliphatic carbocycles. The Morgan fingerprint density at radius 3 is 2.65 bits per heavy atom. The summed E-state index contributed by atoms with van der Waals surface area (Å²) in [5, 5.41) is 2.61. The quantitative estimate of drug-likeness (QED) is 0.789. The molecule has 9 heteroatoms. The minimum absolute atomic E-state index is 0.0494. The second-order valence-electron chi connectivity index (χ2n) is 5.54. The molecule has 2 heterocycles. The Balaban J connectivity index is 1.88. The second-order valence-corrected chi connectivity index (χ2v) is 8.54. The smallest absolute Gasteiger partial charge is 0.252 e. The Hall–Kier alpha value is -1.03. The maximum absolute atomic E-state index is 12.3. The van der Waals surface area contributed by atoms with Gasteiger partial charge in [-0.2, -0.15) is 4.31 Å². The van der Waals surface area contributed by atoms with Crippen molar-refractivity contribution in [3.05, 3.63) is 28.5 Å². The van der Waals surface area contributed by atoms with Gasteiger partial charge >= 0.3 is 0 Å². The van der Waals surface area contributed by atoms with Crippen LogP contribution in [-0.2, 0) is 14.8 Å². The van der Waals surface area contributed by atoms with E-state index in [9.17, 15) is 13.2 Å². The van der Waals surface area contributed by atoms with Crippen molar-refractivity contribution in [2.24, 2.45) is 0 Å². The lowest BCUT2D eigenvalue weighted by Crippen LogP contribution is -2.49. The summed E-state index contributed by atoms with van der Waals surface area (Å²) >= 11 is 3.24. The van der Waals surface area contributed by atoms with Crippen LogP contribution in [0.5, 0.6) is 0 Å². The molecule has 1 aliphatic heterocycles. The molecule has 1 aliphatic rings. The summed E-state index contributed by atoms with van der Waals surface area (Å²) < 4.78 is 32.4. The maximum Gasteiger partial charge on any atom is 0.252 e. The Morgan fingerprint density at radius 1 is 1.39 bits per heavy atom. The topological polar surface area (TPSA) is 88.6 Å². The van der Waals surface area contributed by atoms with E-state index in [0.717, 1.165) is 0 Å². The first-order valence-corrected chi connectivity index (χ1v) is 9.70. The first-order valence-electron chi connectivity index (χ1n) is 7.30. The molecular formula is C14H20BrN3O4S. The largest absolute Gasteiger partial charge is 0.373 e. The Morgan fingerprint density at radius 2 is 2.04 bits per heavy atom. The van der Waals surface area contributed by atoms with Crippen LogP contribution in [-0.4, -0.2) is 61.2 Å². The van der Waals surface area contributed by atoms with Crippen molar-refractivity contribution < 1.29 is 17.9 Å². The van der Waals surface area contributed by atoms with Crippen LogP contribution in [0.4, 0.5) is 0 Å². The molecule has 1 amide bonds. The Bertz CT molecular complexity index is 658. The number of pyridine rings is 1.